The molecular formula is C40H41N6O6S-. The number of fused-ring (bicyclic) bond motifs is 2. The summed E-state index contributed by atoms with van der Waals surface area (Å²) < 4.78 is 20.6. The van der Waals surface area contributed by atoms with Crippen LogP contribution in [0.2, 0.25) is 0 Å². The molecule has 0 radical (unpaired) electrons. The SMILES string of the molecule is C=CCN1CC(=O)N2[C@@H](Cc3ccc(O)cc3)C(=O)N(Cc3cccc4cc[nH]c34)C[C@@H]2N1C(=O)CCc1ccccn1.Cc1ccc(S(=O)[O-])cc1. The fraction of sp³-hybridized carbons (Fsp3) is 0.250. The number of rotatable bonds is 10. The van der Waals surface area contributed by atoms with Crippen molar-refractivity contribution in [1.82, 2.24) is 29.8 Å². The number of amides is 3. The number of aromatic amines is 1. The normalized spacial score (nSPS) is 18.0. The lowest BCUT2D eigenvalue weighted by atomic mass is 9.98. The second kappa shape index (κ2) is 16.8. The van der Waals surface area contributed by atoms with Crippen molar-refractivity contribution in [3.8, 4) is 5.75 Å². The van der Waals surface area contributed by atoms with E-state index in [4.69, 9.17) is 0 Å². The van der Waals surface area contributed by atoms with Gasteiger partial charge in [0.2, 0.25) is 17.7 Å². The van der Waals surface area contributed by atoms with Gasteiger partial charge in [-0.2, -0.15) is 0 Å². The number of aromatic hydroxyl groups is 1. The summed E-state index contributed by atoms with van der Waals surface area (Å²) in [5, 5.41) is 14.3. The van der Waals surface area contributed by atoms with Gasteiger partial charge in [-0.05, 0) is 83.4 Å². The highest BCUT2D eigenvalue weighted by Gasteiger charge is 2.51. The summed E-state index contributed by atoms with van der Waals surface area (Å²) in [6.07, 6.45) is 5.45. The molecule has 2 aromatic heterocycles. The second-order valence-corrected chi connectivity index (χ2v) is 13.9. The summed E-state index contributed by atoms with van der Waals surface area (Å²) in [6.45, 7) is 6.52. The average Bonchev–Trinajstić information content (AvgIpc) is 3.64. The van der Waals surface area contributed by atoms with E-state index in [1.807, 2.05) is 55.6 Å². The summed E-state index contributed by atoms with van der Waals surface area (Å²) in [5.74, 6) is -0.432. The van der Waals surface area contributed by atoms with Crippen LogP contribution in [0.25, 0.3) is 10.9 Å². The number of phenols is 1. The molecule has 12 nitrogen and oxygen atoms in total. The maximum atomic E-state index is 14.2. The Morgan fingerprint density at radius 3 is 2.51 bits per heavy atom. The molecule has 7 rings (SSSR count). The number of phenolic OH excluding ortho intramolecular Hbond substituents is 1. The predicted octanol–water partition coefficient (Wildman–Crippen LogP) is 4.49. The molecule has 274 valence electrons. The number of carbonyl (C=O) groups is 3. The third-order valence-corrected chi connectivity index (χ3v) is 10.0. The van der Waals surface area contributed by atoms with Crippen LogP contribution in [0.1, 0.15) is 28.8 Å². The van der Waals surface area contributed by atoms with Gasteiger partial charge in [0.25, 0.3) is 0 Å². The van der Waals surface area contributed by atoms with E-state index in [2.05, 4.69) is 16.5 Å². The third-order valence-electron chi connectivity index (χ3n) is 9.36. The molecule has 5 aromatic rings. The molecule has 2 aliphatic rings. The predicted molar refractivity (Wildman–Crippen MR) is 199 cm³/mol. The highest BCUT2D eigenvalue weighted by atomic mass is 32.2. The minimum Gasteiger partial charge on any atom is -0.768 e. The van der Waals surface area contributed by atoms with Crippen molar-refractivity contribution in [2.75, 3.05) is 19.6 Å². The monoisotopic (exact) mass is 733 g/mol. The fourth-order valence-corrected chi connectivity index (χ4v) is 7.15. The summed E-state index contributed by atoms with van der Waals surface area (Å²) in [5.41, 5.74) is 4.57. The Hall–Kier alpha value is -5.63. The largest absolute Gasteiger partial charge is 0.768 e. The van der Waals surface area contributed by atoms with E-state index in [1.165, 1.54) is 0 Å². The van der Waals surface area contributed by atoms with Crippen LogP contribution in [0, 0.1) is 6.92 Å². The Morgan fingerprint density at radius 1 is 1.04 bits per heavy atom. The van der Waals surface area contributed by atoms with Gasteiger partial charge in [0, 0.05) is 48.9 Å². The van der Waals surface area contributed by atoms with Crippen molar-refractivity contribution < 1.29 is 28.3 Å². The standard InChI is InChI=1S/C33H34N6O4.C7H8O2S/c1-2-18-37-22-31(42)38-28(19-23-9-12-27(40)13-10-23)33(43)36(20-25-7-5-6-24-15-17-35-32(24)25)21-29(38)39(37)30(41)14-11-26-8-3-4-16-34-26;1-6-2-4-7(5-3-6)10(8)9/h2-10,12-13,15-17,28-29,35,40H,1,11,14,18-22H2;2-5H,1H3,(H,8,9)/p-1/t28-,29-;/m0./s1. The van der Waals surface area contributed by atoms with E-state index < -0.39 is 23.3 Å². The molecule has 2 aliphatic heterocycles. The van der Waals surface area contributed by atoms with Gasteiger partial charge in [-0.15, -0.1) is 6.58 Å². The molecule has 3 atom stereocenters. The van der Waals surface area contributed by atoms with Crippen molar-refractivity contribution >= 4 is 39.7 Å². The van der Waals surface area contributed by atoms with E-state index in [0.717, 1.165) is 33.3 Å². The van der Waals surface area contributed by atoms with Crippen LogP contribution >= 0.6 is 0 Å². The number of nitrogens with one attached hydrogen (secondary N) is 1. The number of carbonyl (C=O) groups excluding carboxylic acids is 3. The van der Waals surface area contributed by atoms with Crippen molar-refractivity contribution in [2.24, 2.45) is 0 Å². The lowest BCUT2D eigenvalue weighted by molar-refractivity contribution is -0.205. The van der Waals surface area contributed by atoms with Crippen LogP contribution in [0.5, 0.6) is 5.75 Å². The minimum atomic E-state index is -2.09. The first-order valence-electron chi connectivity index (χ1n) is 17.3. The van der Waals surface area contributed by atoms with Crippen LogP contribution in [-0.2, 0) is 44.9 Å². The number of pyridine rings is 1. The topological polar surface area (TPSA) is 153 Å². The van der Waals surface area contributed by atoms with Crippen LogP contribution in [-0.4, -0.2) is 93.2 Å². The minimum absolute atomic E-state index is 0.0427. The maximum Gasteiger partial charge on any atom is 0.246 e. The van der Waals surface area contributed by atoms with E-state index in [0.29, 0.717) is 24.4 Å². The molecule has 2 saturated heterocycles. The lowest BCUT2D eigenvalue weighted by Crippen LogP contribution is -2.75. The molecule has 2 N–H and O–H groups in total. The van der Waals surface area contributed by atoms with Gasteiger partial charge >= 0.3 is 0 Å². The first kappa shape index (κ1) is 37.1. The van der Waals surface area contributed by atoms with E-state index in [1.54, 1.807) is 80.6 Å². The van der Waals surface area contributed by atoms with Crippen molar-refractivity contribution in [3.05, 3.63) is 138 Å². The van der Waals surface area contributed by atoms with E-state index >= 15 is 0 Å². The Bertz CT molecular complexity index is 2090. The smallest absolute Gasteiger partial charge is 0.246 e. The van der Waals surface area contributed by atoms with Crippen LogP contribution < -0.4 is 0 Å². The molecule has 13 heteroatoms. The molecule has 0 spiro atoms. The zero-order valence-electron chi connectivity index (χ0n) is 29.3. The molecule has 4 heterocycles. The first-order chi connectivity index (χ1) is 25.6. The van der Waals surface area contributed by atoms with Crippen LogP contribution in [0.15, 0.2) is 121 Å². The van der Waals surface area contributed by atoms with Crippen LogP contribution in [0.3, 0.4) is 0 Å². The zero-order chi connectivity index (χ0) is 37.5. The number of aryl methyl sites for hydroxylation is 2. The summed E-state index contributed by atoms with van der Waals surface area (Å²) >= 11 is -2.09. The molecule has 3 aromatic carbocycles. The van der Waals surface area contributed by atoms with Gasteiger partial charge < -0.3 is 24.4 Å². The van der Waals surface area contributed by atoms with Crippen molar-refractivity contribution in [3.63, 3.8) is 0 Å². The fourth-order valence-electron chi connectivity index (χ4n) is 6.79. The maximum absolute atomic E-state index is 14.2. The number of aromatic nitrogens is 2. The molecule has 2 fully saturated rings. The number of para-hydroxylation sites is 1. The number of hydrogen-bond acceptors (Lipinski definition) is 8. The zero-order valence-corrected chi connectivity index (χ0v) is 30.2. The number of H-pyrrole nitrogens is 1. The van der Waals surface area contributed by atoms with E-state index in [-0.39, 0.29) is 49.4 Å². The van der Waals surface area contributed by atoms with Gasteiger partial charge in [-0.25, -0.2) is 10.0 Å². The Balaban J connectivity index is 0.000000417. The molecule has 1 unspecified atom stereocenters. The van der Waals surface area contributed by atoms with Gasteiger partial charge in [-0.3, -0.25) is 23.6 Å². The number of hydrogen-bond donors (Lipinski definition) is 2. The van der Waals surface area contributed by atoms with Gasteiger partial charge in [0.05, 0.1) is 18.6 Å². The van der Waals surface area contributed by atoms with Crippen molar-refractivity contribution in [2.45, 2.75) is 49.8 Å². The molecule has 53 heavy (non-hydrogen) atoms. The van der Waals surface area contributed by atoms with E-state index in [9.17, 15) is 28.3 Å². The molecule has 0 aliphatic carbocycles. The Kier molecular flexibility index (Phi) is 11.8. The summed E-state index contributed by atoms with van der Waals surface area (Å²) in [4.78, 5) is 53.2. The average molecular weight is 734 g/mol. The quantitative estimate of drug-likeness (QED) is 0.157. The molecular weight excluding hydrogens is 693 g/mol. The number of hydrazine groups is 1. The van der Waals surface area contributed by atoms with Gasteiger partial charge in [-0.1, -0.05) is 60.2 Å². The highest BCUT2D eigenvalue weighted by molar-refractivity contribution is 7.79. The van der Waals surface area contributed by atoms with Gasteiger partial charge in [0.15, 0.2) is 0 Å². The Morgan fingerprint density at radius 2 is 1.81 bits per heavy atom. The van der Waals surface area contributed by atoms with Crippen molar-refractivity contribution in [1.29, 1.82) is 0 Å². The molecule has 0 bridgehead atoms. The Labute approximate surface area is 310 Å². The van der Waals surface area contributed by atoms with Gasteiger partial charge in [0.1, 0.15) is 18.0 Å². The molecule has 3 amide bonds. The first-order valence-corrected chi connectivity index (χ1v) is 18.4. The third kappa shape index (κ3) is 8.71. The molecule has 0 saturated carbocycles. The lowest BCUT2D eigenvalue weighted by Gasteiger charge is -2.55. The van der Waals surface area contributed by atoms with Crippen LogP contribution in [0.4, 0.5) is 0 Å². The summed E-state index contributed by atoms with van der Waals surface area (Å²) in [6, 6.07) is 26.1. The summed E-state index contributed by atoms with van der Waals surface area (Å²) in [7, 11) is 0. The number of piperazine rings is 1. The number of benzene rings is 3. The highest BCUT2D eigenvalue weighted by Crippen LogP contribution is 2.31. The number of nitrogens with zero attached hydrogens (tertiary/aromatic N) is 5. The second-order valence-electron chi connectivity index (χ2n) is 13.0.